The number of H-pyrrole nitrogens is 1. The number of nitriles is 1. The molecule has 1 aliphatic rings. The summed E-state index contributed by atoms with van der Waals surface area (Å²) in [6.07, 6.45) is 3.40. The number of aromatic nitrogens is 4. The normalized spacial score (nSPS) is 14.1. The molecule has 5 rings (SSSR count). The van der Waals surface area contributed by atoms with E-state index in [2.05, 4.69) is 31.1 Å². The van der Waals surface area contributed by atoms with Gasteiger partial charge in [0.05, 0.1) is 16.1 Å². The van der Waals surface area contributed by atoms with Crippen molar-refractivity contribution in [1.29, 1.82) is 5.26 Å². The summed E-state index contributed by atoms with van der Waals surface area (Å²) in [7, 11) is 0. The minimum absolute atomic E-state index is 0.169. The molecule has 1 saturated heterocycles. The summed E-state index contributed by atoms with van der Waals surface area (Å²) in [6.45, 7) is 3.53. The van der Waals surface area contributed by atoms with Crippen LogP contribution in [0.3, 0.4) is 0 Å². The number of nitrogens with zero attached hydrogens (tertiary/aromatic N) is 5. The summed E-state index contributed by atoms with van der Waals surface area (Å²) >= 11 is 12.2. The van der Waals surface area contributed by atoms with E-state index in [1.54, 1.807) is 25.3 Å². The minimum Gasteiger partial charge on any atom is -0.486 e. The Morgan fingerprint density at radius 3 is 2.76 bits per heavy atom. The molecule has 0 aliphatic carbocycles. The zero-order valence-electron chi connectivity index (χ0n) is 17.4. The number of halogens is 3. The van der Waals surface area contributed by atoms with Gasteiger partial charge in [-0.05, 0) is 37.6 Å². The van der Waals surface area contributed by atoms with E-state index in [4.69, 9.17) is 27.9 Å². The average molecular weight is 483 g/mol. The van der Waals surface area contributed by atoms with Crippen molar-refractivity contribution in [3.8, 4) is 23.1 Å². The van der Waals surface area contributed by atoms with E-state index in [1.807, 2.05) is 12.1 Å². The molecular weight excluding hydrogens is 466 g/mol. The molecule has 10 heteroatoms. The van der Waals surface area contributed by atoms with E-state index < -0.39 is 12.1 Å². The summed E-state index contributed by atoms with van der Waals surface area (Å²) < 4.78 is 19.9. The molecule has 1 atom stereocenters. The molecular formula is C23H17Cl2FN6O. The van der Waals surface area contributed by atoms with Crippen LogP contribution in [-0.4, -0.2) is 33.3 Å². The molecule has 33 heavy (non-hydrogen) atoms. The molecule has 7 nitrogen and oxygen atoms in total. The second-order valence-corrected chi connectivity index (χ2v) is 8.50. The molecule has 4 heterocycles. The van der Waals surface area contributed by atoms with Crippen LogP contribution in [0.1, 0.15) is 30.6 Å². The number of aromatic amines is 1. The number of nitrogens with one attached hydrogen (secondary N) is 1. The maximum atomic E-state index is 13.8. The van der Waals surface area contributed by atoms with E-state index in [0.717, 1.165) is 36.0 Å². The Hall–Kier alpha value is -3.41. The van der Waals surface area contributed by atoms with Crippen LogP contribution < -0.4 is 9.64 Å². The van der Waals surface area contributed by atoms with Gasteiger partial charge in [-0.2, -0.15) is 14.8 Å². The topological polar surface area (TPSA) is 90.7 Å². The molecule has 0 spiro atoms. The lowest BCUT2D eigenvalue weighted by molar-refractivity contribution is 0.226. The van der Waals surface area contributed by atoms with E-state index in [1.165, 1.54) is 6.20 Å². The van der Waals surface area contributed by atoms with Crippen molar-refractivity contribution in [2.24, 2.45) is 0 Å². The Kier molecular flexibility index (Phi) is 5.52. The first-order valence-corrected chi connectivity index (χ1v) is 11.0. The molecule has 1 fully saturated rings. The Balaban J connectivity index is 1.49. The molecule has 1 N–H and O–H groups in total. The van der Waals surface area contributed by atoms with Crippen molar-refractivity contribution in [2.75, 3.05) is 18.0 Å². The Morgan fingerprint density at radius 2 is 2.03 bits per heavy atom. The van der Waals surface area contributed by atoms with Crippen molar-refractivity contribution in [2.45, 2.75) is 19.4 Å². The van der Waals surface area contributed by atoms with Crippen LogP contribution >= 0.6 is 23.2 Å². The molecule has 166 valence electrons. The summed E-state index contributed by atoms with van der Waals surface area (Å²) in [4.78, 5) is 10.1. The van der Waals surface area contributed by atoms with Crippen LogP contribution in [0.4, 0.5) is 10.2 Å². The first kappa shape index (κ1) is 21.4. The second kappa shape index (κ2) is 8.50. The monoisotopic (exact) mass is 482 g/mol. The fourth-order valence-electron chi connectivity index (χ4n) is 3.83. The number of hydrogen-bond acceptors (Lipinski definition) is 6. The van der Waals surface area contributed by atoms with E-state index in [0.29, 0.717) is 28.4 Å². The average Bonchev–Trinajstić information content (AvgIpc) is 3.19. The van der Waals surface area contributed by atoms with Crippen molar-refractivity contribution >= 4 is 39.9 Å². The maximum Gasteiger partial charge on any atom is 0.232 e. The van der Waals surface area contributed by atoms with Gasteiger partial charge in [0.1, 0.15) is 34.5 Å². The van der Waals surface area contributed by atoms with Gasteiger partial charge in [0.2, 0.25) is 5.95 Å². The van der Waals surface area contributed by atoms with Crippen LogP contribution in [0.15, 0.2) is 36.7 Å². The van der Waals surface area contributed by atoms with Gasteiger partial charge in [0.25, 0.3) is 0 Å². The molecule has 1 aliphatic heterocycles. The highest BCUT2D eigenvalue weighted by Gasteiger charge is 2.22. The van der Waals surface area contributed by atoms with Gasteiger partial charge < -0.3 is 9.64 Å². The second-order valence-electron chi connectivity index (χ2n) is 7.71. The predicted molar refractivity (Wildman–Crippen MR) is 124 cm³/mol. The lowest BCUT2D eigenvalue weighted by Gasteiger charge is -2.32. The number of hydrogen-bond donors (Lipinski definition) is 1. The molecule has 0 radical (unpaired) electrons. The number of benzene rings is 1. The van der Waals surface area contributed by atoms with Crippen LogP contribution in [0, 0.1) is 17.3 Å². The summed E-state index contributed by atoms with van der Waals surface area (Å²) in [6, 6.07) is 9.46. The number of anilines is 1. The van der Waals surface area contributed by atoms with Crippen molar-refractivity contribution in [3.05, 3.63) is 63.8 Å². The molecule has 0 bridgehead atoms. The highest BCUT2D eigenvalue weighted by molar-refractivity contribution is 6.35. The zero-order valence-corrected chi connectivity index (χ0v) is 19.0. The van der Waals surface area contributed by atoms with Crippen LogP contribution in [-0.2, 0) is 0 Å². The third kappa shape index (κ3) is 3.84. The SMILES string of the molecule is C[C@@H](Oc1ccc2[nH]nc(-c3cnc(N4CCC4)c(C#N)c3)c2c1)c1c(Cl)cnc(F)c1Cl. The quantitative estimate of drug-likeness (QED) is 0.367. The summed E-state index contributed by atoms with van der Waals surface area (Å²) in [5, 5.41) is 17.9. The number of rotatable bonds is 5. The van der Waals surface area contributed by atoms with Crippen molar-refractivity contribution in [3.63, 3.8) is 0 Å². The van der Waals surface area contributed by atoms with E-state index >= 15 is 0 Å². The van der Waals surface area contributed by atoms with Crippen LogP contribution in [0.5, 0.6) is 5.75 Å². The minimum atomic E-state index is -0.804. The third-order valence-electron chi connectivity index (χ3n) is 5.64. The first-order chi connectivity index (χ1) is 16.0. The zero-order chi connectivity index (χ0) is 23.1. The highest BCUT2D eigenvalue weighted by atomic mass is 35.5. The number of pyridine rings is 2. The van der Waals surface area contributed by atoms with E-state index in [-0.39, 0.29) is 10.0 Å². The fraction of sp³-hybridized carbons (Fsp3) is 0.217. The first-order valence-electron chi connectivity index (χ1n) is 10.3. The number of ether oxygens (including phenoxy) is 1. The standard InChI is InChI=1S/C23H17Cl2FN6O/c1-12(19-17(24)11-28-22(26)20(19)25)33-15-3-4-18-16(8-15)21(31-30-18)14-7-13(9-27)23(29-10-14)32-5-2-6-32/h3-4,7-8,10-12H,2,5-6H2,1H3,(H,30,31)/t12-/m1/s1. The summed E-state index contributed by atoms with van der Waals surface area (Å²) in [5.41, 5.74) is 2.99. The predicted octanol–water partition coefficient (Wildman–Crippen LogP) is 5.69. The number of fused-ring (bicyclic) bond motifs is 1. The summed E-state index contributed by atoms with van der Waals surface area (Å²) in [5.74, 6) is 0.415. The molecule has 1 aromatic carbocycles. The van der Waals surface area contributed by atoms with Crippen molar-refractivity contribution in [1.82, 2.24) is 20.2 Å². The van der Waals surface area contributed by atoms with Gasteiger partial charge in [-0.25, -0.2) is 9.97 Å². The Morgan fingerprint density at radius 1 is 1.21 bits per heavy atom. The smallest absolute Gasteiger partial charge is 0.232 e. The third-order valence-corrected chi connectivity index (χ3v) is 6.30. The van der Waals surface area contributed by atoms with Gasteiger partial charge in [-0.1, -0.05) is 23.2 Å². The van der Waals surface area contributed by atoms with Gasteiger partial charge in [-0.3, -0.25) is 5.10 Å². The van der Waals surface area contributed by atoms with Gasteiger partial charge in [0, 0.05) is 42.0 Å². The lowest BCUT2D eigenvalue weighted by Crippen LogP contribution is -2.38. The Labute approximate surface area is 198 Å². The Bertz CT molecular complexity index is 1410. The largest absolute Gasteiger partial charge is 0.486 e. The fourth-order valence-corrected chi connectivity index (χ4v) is 4.48. The highest BCUT2D eigenvalue weighted by Crippen LogP contribution is 2.36. The molecule has 0 amide bonds. The molecule has 0 unspecified atom stereocenters. The van der Waals surface area contributed by atoms with Gasteiger partial charge >= 0.3 is 0 Å². The van der Waals surface area contributed by atoms with Gasteiger partial charge in [0.15, 0.2) is 0 Å². The molecule has 3 aromatic heterocycles. The van der Waals surface area contributed by atoms with Gasteiger partial charge in [-0.15, -0.1) is 0 Å². The van der Waals surface area contributed by atoms with Crippen LogP contribution in [0.2, 0.25) is 10.0 Å². The molecule has 4 aromatic rings. The van der Waals surface area contributed by atoms with E-state index in [9.17, 15) is 9.65 Å². The maximum absolute atomic E-state index is 13.8. The van der Waals surface area contributed by atoms with Crippen molar-refractivity contribution < 1.29 is 9.13 Å². The van der Waals surface area contributed by atoms with Crippen LogP contribution in [0.25, 0.3) is 22.2 Å². The molecule has 0 saturated carbocycles. The lowest BCUT2D eigenvalue weighted by atomic mass is 10.1.